The molecule has 1 aliphatic rings. The van der Waals surface area contributed by atoms with Gasteiger partial charge in [-0.05, 0) is 64.3 Å². The fourth-order valence-corrected chi connectivity index (χ4v) is 3.03. The molecule has 2 N–H and O–H groups in total. The van der Waals surface area contributed by atoms with E-state index in [0.717, 1.165) is 38.3 Å². The van der Waals surface area contributed by atoms with Gasteiger partial charge in [-0.15, -0.1) is 0 Å². The number of unbranched alkanes of at least 4 members (excludes halogenated alkanes) is 1. The molecule has 1 atom stereocenters. The molecule has 1 saturated heterocycles. The summed E-state index contributed by atoms with van der Waals surface area (Å²) in [6.45, 7) is 8.44. The molecule has 0 spiro atoms. The molecule has 1 heterocycles. The molecule has 29 heavy (non-hydrogen) atoms. The number of nitrogens with one attached hydrogen (secondary N) is 2. The van der Waals surface area contributed by atoms with Crippen LogP contribution in [0.5, 0.6) is 5.75 Å². The lowest BCUT2D eigenvalue weighted by Crippen LogP contribution is -2.44. The van der Waals surface area contributed by atoms with Crippen molar-refractivity contribution in [1.82, 2.24) is 15.5 Å². The van der Waals surface area contributed by atoms with E-state index >= 15 is 0 Å². The Kier molecular flexibility index (Phi) is 8.54. The number of ether oxygens (including phenoxy) is 2. The fraction of sp³-hybridized carbons (Fsp3) is 0.619. The molecule has 1 aromatic carbocycles. The van der Waals surface area contributed by atoms with E-state index in [9.17, 15) is 9.18 Å². The standard InChI is InChI=1S/C21H33FN4O3/c1-21(2,3)29-20(27)25-17-11-13-26(15-17)19(23-4)24-12-5-6-14-28-18-9-7-16(22)8-10-18/h7-10,17H,5-6,11-15H2,1-4H3,(H,23,24)(H,25,27). The Morgan fingerprint density at radius 1 is 1.28 bits per heavy atom. The first-order valence-electron chi connectivity index (χ1n) is 10.1. The van der Waals surface area contributed by atoms with Crippen molar-refractivity contribution in [3.63, 3.8) is 0 Å². The molecule has 0 bridgehead atoms. The number of nitrogens with zero attached hydrogens (tertiary/aromatic N) is 2. The number of guanidine groups is 1. The van der Waals surface area contributed by atoms with Crippen LogP contribution in [0.15, 0.2) is 29.3 Å². The van der Waals surface area contributed by atoms with Gasteiger partial charge in [0.25, 0.3) is 0 Å². The van der Waals surface area contributed by atoms with Crippen molar-refractivity contribution in [3.05, 3.63) is 30.1 Å². The number of hydrogen-bond donors (Lipinski definition) is 2. The van der Waals surface area contributed by atoms with Gasteiger partial charge in [0.15, 0.2) is 5.96 Å². The minimum atomic E-state index is -0.500. The van der Waals surface area contributed by atoms with Gasteiger partial charge >= 0.3 is 6.09 Å². The van der Waals surface area contributed by atoms with E-state index in [-0.39, 0.29) is 18.0 Å². The minimum absolute atomic E-state index is 0.0486. The van der Waals surface area contributed by atoms with Gasteiger partial charge in [-0.2, -0.15) is 0 Å². The topological polar surface area (TPSA) is 75.2 Å². The highest BCUT2D eigenvalue weighted by molar-refractivity contribution is 5.80. The van der Waals surface area contributed by atoms with E-state index in [1.807, 2.05) is 20.8 Å². The second-order valence-corrected chi connectivity index (χ2v) is 8.06. The second-order valence-electron chi connectivity index (χ2n) is 8.06. The zero-order chi connectivity index (χ0) is 21.3. The number of alkyl carbamates (subject to hydrolysis) is 1. The summed E-state index contributed by atoms with van der Waals surface area (Å²) in [7, 11) is 1.76. The van der Waals surface area contributed by atoms with Crippen LogP contribution in [0.4, 0.5) is 9.18 Å². The number of amides is 1. The zero-order valence-electron chi connectivity index (χ0n) is 17.8. The third-order valence-electron chi connectivity index (χ3n) is 4.36. The molecule has 1 unspecified atom stereocenters. The fourth-order valence-electron chi connectivity index (χ4n) is 3.03. The van der Waals surface area contributed by atoms with Crippen LogP contribution in [0.2, 0.25) is 0 Å². The molecular formula is C21H33FN4O3. The van der Waals surface area contributed by atoms with Crippen molar-refractivity contribution < 1.29 is 18.7 Å². The predicted molar refractivity (Wildman–Crippen MR) is 112 cm³/mol. The summed E-state index contributed by atoms with van der Waals surface area (Å²) in [5.74, 6) is 1.24. The van der Waals surface area contributed by atoms with Crippen molar-refractivity contribution in [2.24, 2.45) is 4.99 Å². The summed E-state index contributed by atoms with van der Waals surface area (Å²) < 4.78 is 23.8. The summed E-state index contributed by atoms with van der Waals surface area (Å²) in [4.78, 5) is 18.4. The summed E-state index contributed by atoms with van der Waals surface area (Å²) in [6.07, 6.45) is 2.27. The van der Waals surface area contributed by atoms with Gasteiger partial charge < -0.3 is 25.0 Å². The Balaban J connectivity index is 1.62. The first kappa shape index (κ1) is 22.8. The number of carbonyl (C=O) groups excluding carboxylic acids is 1. The Morgan fingerprint density at radius 2 is 2.00 bits per heavy atom. The van der Waals surface area contributed by atoms with Crippen LogP contribution in [0.25, 0.3) is 0 Å². The Labute approximate surface area is 172 Å². The van der Waals surface area contributed by atoms with E-state index in [1.54, 1.807) is 19.2 Å². The minimum Gasteiger partial charge on any atom is -0.494 e. The van der Waals surface area contributed by atoms with Gasteiger partial charge in [0.1, 0.15) is 17.2 Å². The monoisotopic (exact) mass is 408 g/mol. The second kappa shape index (κ2) is 10.9. The summed E-state index contributed by atoms with van der Waals surface area (Å²) >= 11 is 0. The smallest absolute Gasteiger partial charge is 0.407 e. The quantitative estimate of drug-likeness (QED) is 0.412. The summed E-state index contributed by atoms with van der Waals surface area (Å²) in [5.41, 5.74) is -0.500. The van der Waals surface area contributed by atoms with Crippen molar-refractivity contribution in [1.29, 1.82) is 0 Å². The summed E-state index contributed by atoms with van der Waals surface area (Å²) in [5, 5.41) is 6.28. The Hall–Kier alpha value is -2.51. The van der Waals surface area contributed by atoms with Crippen LogP contribution in [0.1, 0.15) is 40.0 Å². The van der Waals surface area contributed by atoms with E-state index in [1.165, 1.54) is 12.1 Å². The lowest BCUT2D eigenvalue weighted by atomic mass is 10.2. The molecule has 8 heteroatoms. The molecule has 7 nitrogen and oxygen atoms in total. The van der Waals surface area contributed by atoms with Gasteiger partial charge in [-0.3, -0.25) is 4.99 Å². The lowest BCUT2D eigenvalue weighted by molar-refractivity contribution is 0.0507. The maximum Gasteiger partial charge on any atom is 0.407 e. The predicted octanol–water partition coefficient (Wildman–Crippen LogP) is 3.16. The third-order valence-corrected chi connectivity index (χ3v) is 4.36. The van der Waals surface area contributed by atoms with Crippen molar-refractivity contribution in [2.75, 3.05) is 33.3 Å². The normalized spacial score (nSPS) is 17.2. The van der Waals surface area contributed by atoms with Gasteiger partial charge in [0.05, 0.1) is 12.6 Å². The Morgan fingerprint density at radius 3 is 2.66 bits per heavy atom. The van der Waals surface area contributed by atoms with E-state index in [2.05, 4.69) is 20.5 Å². The van der Waals surface area contributed by atoms with Crippen molar-refractivity contribution in [2.45, 2.75) is 51.7 Å². The summed E-state index contributed by atoms with van der Waals surface area (Å²) in [6, 6.07) is 6.09. The van der Waals surface area contributed by atoms with Crippen LogP contribution in [-0.4, -0.2) is 61.9 Å². The SMILES string of the molecule is CN=C(NCCCCOc1ccc(F)cc1)N1CCC(NC(=O)OC(C)(C)C)C1. The van der Waals surface area contributed by atoms with Crippen LogP contribution in [0, 0.1) is 5.82 Å². The number of aliphatic imine (C=N–C) groups is 1. The molecule has 0 aliphatic carbocycles. The zero-order valence-corrected chi connectivity index (χ0v) is 17.8. The number of hydrogen-bond acceptors (Lipinski definition) is 4. The molecule has 1 aliphatic heterocycles. The van der Waals surface area contributed by atoms with Gasteiger partial charge in [0.2, 0.25) is 0 Å². The average molecular weight is 409 g/mol. The maximum atomic E-state index is 12.9. The molecular weight excluding hydrogens is 375 g/mol. The molecule has 2 rings (SSSR count). The number of likely N-dealkylation sites (tertiary alicyclic amines) is 1. The largest absolute Gasteiger partial charge is 0.494 e. The highest BCUT2D eigenvalue weighted by atomic mass is 19.1. The lowest BCUT2D eigenvalue weighted by Gasteiger charge is -2.23. The Bertz CT molecular complexity index is 673. The van der Waals surface area contributed by atoms with E-state index in [4.69, 9.17) is 9.47 Å². The number of benzene rings is 1. The van der Waals surface area contributed by atoms with Crippen LogP contribution in [0.3, 0.4) is 0 Å². The van der Waals surface area contributed by atoms with Gasteiger partial charge in [-0.25, -0.2) is 9.18 Å². The molecule has 0 aromatic heterocycles. The first-order valence-corrected chi connectivity index (χ1v) is 10.1. The van der Waals surface area contributed by atoms with Gasteiger partial charge in [0, 0.05) is 26.7 Å². The molecule has 162 valence electrons. The number of rotatable bonds is 7. The highest BCUT2D eigenvalue weighted by Gasteiger charge is 2.27. The van der Waals surface area contributed by atoms with Crippen molar-refractivity contribution >= 4 is 12.1 Å². The van der Waals surface area contributed by atoms with E-state index < -0.39 is 5.60 Å². The number of carbonyl (C=O) groups is 1. The molecule has 1 fully saturated rings. The van der Waals surface area contributed by atoms with Gasteiger partial charge in [-0.1, -0.05) is 0 Å². The van der Waals surface area contributed by atoms with Crippen LogP contribution < -0.4 is 15.4 Å². The van der Waals surface area contributed by atoms with E-state index in [0.29, 0.717) is 18.9 Å². The van der Waals surface area contributed by atoms with Crippen molar-refractivity contribution in [3.8, 4) is 5.75 Å². The number of halogens is 1. The highest BCUT2D eigenvalue weighted by Crippen LogP contribution is 2.13. The molecule has 1 aromatic rings. The molecule has 0 radical (unpaired) electrons. The van der Waals surface area contributed by atoms with Crippen LogP contribution >= 0.6 is 0 Å². The average Bonchev–Trinajstić information content (AvgIpc) is 3.09. The molecule has 1 amide bonds. The maximum absolute atomic E-state index is 12.9. The first-order chi connectivity index (χ1) is 13.8. The third kappa shape index (κ3) is 8.58. The molecule has 0 saturated carbocycles. The van der Waals surface area contributed by atoms with Crippen LogP contribution in [-0.2, 0) is 4.74 Å².